The monoisotopic (exact) mass is 489 g/mol. The molecule has 0 amide bonds. The van der Waals surface area contributed by atoms with Crippen LogP contribution in [0.25, 0.3) is 0 Å². The van der Waals surface area contributed by atoms with Gasteiger partial charge in [0.05, 0.1) is 0 Å². The summed E-state index contributed by atoms with van der Waals surface area (Å²) in [6.45, 7) is 10.9. The molecule has 0 bridgehead atoms. The fourth-order valence-corrected chi connectivity index (χ4v) is 2.80. The summed E-state index contributed by atoms with van der Waals surface area (Å²) in [5, 5.41) is 0. The van der Waals surface area contributed by atoms with Gasteiger partial charge in [-0.15, -0.1) is 0 Å². The SMILES string of the molecule is CC(C)(C)[N]=[Ta].CCC1[CH-]C(CC)CCC1.[CH-]1CCCCC1.[CH3-]. The molecule has 0 heterocycles. The summed E-state index contributed by atoms with van der Waals surface area (Å²) >= 11 is 1.15. The molecule has 0 aliphatic heterocycles. The normalized spacial score (nSPS) is 24.0. The van der Waals surface area contributed by atoms with Crippen LogP contribution in [0.1, 0.15) is 98.8 Å². The standard InChI is InChI=1S/C10H19.C6H11.C4H9N.CH3.Ta/c1-3-9-6-5-7-10(4-2)8-9;1-2-4-6-5-3-1;1-4(2,3)5;;/h8-10H,3-7H2,1-2H3;1H,2-6H2;1-3H3;1H3;/q2*-1;;-1;. The van der Waals surface area contributed by atoms with E-state index in [1.165, 1.54) is 64.2 Å². The predicted molar refractivity (Wildman–Crippen MR) is 102 cm³/mol. The molecule has 23 heavy (non-hydrogen) atoms. The fourth-order valence-electron chi connectivity index (χ4n) is 2.80. The Hall–Kier alpha value is 0.540. The summed E-state index contributed by atoms with van der Waals surface area (Å²) in [5.74, 6) is 1.89. The van der Waals surface area contributed by atoms with Gasteiger partial charge in [-0.3, -0.25) is 0 Å². The molecule has 0 spiro atoms. The van der Waals surface area contributed by atoms with Crippen LogP contribution in [0.5, 0.6) is 0 Å². The number of hydrogen-bond donors (Lipinski definition) is 0. The maximum atomic E-state index is 4.13. The van der Waals surface area contributed by atoms with Gasteiger partial charge in [0.1, 0.15) is 0 Å². The molecule has 2 saturated carbocycles. The van der Waals surface area contributed by atoms with E-state index in [0.717, 1.165) is 32.7 Å². The van der Waals surface area contributed by atoms with Crippen molar-refractivity contribution in [1.82, 2.24) is 0 Å². The van der Waals surface area contributed by atoms with Gasteiger partial charge in [-0.2, -0.15) is 24.7 Å². The van der Waals surface area contributed by atoms with Gasteiger partial charge in [0.25, 0.3) is 0 Å². The second-order valence-corrected chi connectivity index (χ2v) is 8.38. The van der Waals surface area contributed by atoms with E-state index in [4.69, 9.17) is 0 Å². The Balaban J connectivity index is 0. The van der Waals surface area contributed by atoms with Crippen LogP contribution in [0.15, 0.2) is 3.34 Å². The van der Waals surface area contributed by atoms with E-state index in [-0.39, 0.29) is 13.0 Å². The van der Waals surface area contributed by atoms with Crippen LogP contribution in [0.3, 0.4) is 0 Å². The van der Waals surface area contributed by atoms with Crippen molar-refractivity contribution in [3.05, 3.63) is 20.3 Å². The Morgan fingerprint density at radius 3 is 1.57 bits per heavy atom. The Morgan fingerprint density at radius 1 is 0.913 bits per heavy atom. The minimum absolute atomic E-state index is 0. The second kappa shape index (κ2) is 16.0. The van der Waals surface area contributed by atoms with E-state index in [1.54, 1.807) is 0 Å². The Kier molecular flexibility index (Phi) is 18.0. The smallest absolute Gasteiger partial charge is 0.0577 e. The Labute approximate surface area is 160 Å². The van der Waals surface area contributed by atoms with Crippen LogP contribution >= 0.6 is 0 Å². The molecule has 0 radical (unpaired) electrons. The van der Waals surface area contributed by atoms with Crippen LogP contribution in [-0.2, 0) is 20.9 Å². The summed E-state index contributed by atoms with van der Waals surface area (Å²) in [4.78, 5) is 0. The number of rotatable bonds is 2. The van der Waals surface area contributed by atoms with Crippen molar-refractivity contribution in [1.29, 1.82) is 0 Å². The third-order valence-electron chi connectivity index (χ3n) is 4.36. The van der Waals surface area contributed by atoms with Gasteiger partial charge in [-0.1, -0.05) is 65.2 Å². The number of nitrogens with zero attached hydrogens (tertiary/aromatic N) is 1. The van der Waals surface area contributed by atoms with E-state index in [9.17, 15) is 0 Å². The molecule has 1 nitrogen and oxygen atoms in total. The summed E-state index contributed by atoms with van der Waals surface area (Å²) in [5.41, 5.74) is 0.216. The second-order valence-electron chi connectivity index (χ2n) is 7.66. The van der Waals surface area contributed by atoms with Crippen molar-refractivity contribution in [3.8, 4) is 0 Å². The topological polar surface area (TPSA) is 12.4 Å². The third kappa shape index (κ3) is 17.2. The zero-order chi connectivity index (χ0) is 16.8. The molecular formula is C21H42NTa-3. The van der Waals surface area contributed by atoms with Gasteiger partial charge in [0, 0.05) is 0 Å². The Bertz CT molecular complexity index is 232. The minimum atomic E-state index is 0. The first-order chi connectivity index (χ1) is 10.4. The van der Waals surface area contributed by atoms with Gasteiger partial charge >= 0.3 is 50.5 Å². The molecule has 139 valence electrons. The molecule has 2 aliphatic carbocycles. The molecule has 0 aromatic rings. The molecule has 2 atom stereocenters. The van der Waals surface area contributed by atoms with Gasteiger partial charge in [-0.05, 0) is 0 Å². The third-order valence-corrected chi connectivity index (χ3v) is 6.52. The van der Waals surface area contributed by atoms with Crippen molar-refractivity contribution in [2.24, 2.45) is 15.2 Å². The molecule has 2 unspecified atom stereocenters. The molecular weight excluding hydrogens is 447 g/mol. The van der Waals surface area contributed by atoms with Crippen molar-refractivity contribution in [2.75, 3.05) is 0 Å². The predicted octanol–water partition coefficient (Wildman–Crippen LogP) is 7.55. The summed E-state index contributed by atoms with van der Waals surface area (Å²) in [6.07, 6.45) is 19.2. The molecule has 2 fully saturated rings. The molecule has 0 saturated heterocycles. The molecule has 2 heteroatoms. The largest absolute Gasteiger partial charge is 0.358 e. The molecule has 0 aromatic heterocycles. The average molecular weight is 490 g/mol. The van der Waals surface area contributed by atoms with Crippen LogP contribution in [-0.4, -0.2) is 5.54 Å². The van der Waals surface area contributed by atoms with Crippen molar-refractivity contribution < 1.29 is 20.9 Å². The molecule has 0 aromatic carbocycles. The van der Waals surface area contributed by atoms with Crippen molar-refractivity contribution in [2.45, 2.75) is 104 Å². The van der Waals surface area contributed by atoms with Crippen LogP contribution in [0.4, 0.5) is 0 Å². The first kappa shape index (κ1) is 25.8. The van der Waals surface area contributed by atoms with Crippen molar-refractivity contribution >= 4 is 0 Å². The zero-order valence-electron chi connectivity index (χ0n) is 16.8. The molecule has 2 aliphatic rings. The molecule has 0 N–H and O–H groups in total. The van der Waals surface area contributed by atoms with E-state index in [2.05, 4.69) is 50.8 Å². The summed E-state index contributed by atoms with van der Waals surface area (Å²) in [6, 6.07) is 0. The maximum Gasteiger partial charge on any atom is -0.0577 e. The van der Waals surface area contributed by atoms with E-state index in [0.29, 0.717) is 0 Å². The number of hydrogen-bond acceptors (Lipinski definition) is 1. The quantitative estimate of drug-likeness (QED) is 0.355. The Morgan fingerprint density at radius 2 is 1.35 bits per heavy atom. The van der Waals surface area contributed by atoms with Crippen molar-refractivity contribution in [3.63, 3.8) is 0 Å². The van der Waals surface area contributed by atoms with E-state index < -0.39 is 0 Å². The van der Waals surface area contributed by atoms with Crippen LogP contribution in [0.2, 0.25) is 0 Å². The summed E-state index contributed by atoms with van der Waals surface area (Å²) in [7, 11) is 0. The average Bonchev–Trinajstić information content (AvgIpc) is 2.57. The van der Waals surface area contributed by atoms with Gasteiger partial charge < -0.3 is 20.3 Å². The minimum Gasteiger partial charge on any atom is -0.358 e. The fraction of sp³-hybridized carbons (Fsp3) is 0.857. The molecule has 2 rings (SSSR count). The zero-order valence-corrected chi connectivity index (χ0v) is 20.0. The van der Waals surface area contributed by atoms with E-state index >= 15 is 0 Å². The van der Waals surface area contributed by atoms with Crippen LogP contribution < -0.4 is 0 Å². The van der Waals surface area contributed by atoms with E-state index in [1.807, 2.05) is 0 Å². The van der Waals surface area contributed by atoms with Gasteiger partial charge in [0.2, 0.25) is 0 Å². The van der Waals surface area contributed by atoms with Gasteiger partial charge in [-0.25, -0.2) is 0 Å². The van der Waals surface area contributed by atoms with Crippen LogP contribution in [0, 0.1) is 32.1 Å². The first-order valence-corrected chi connectivity index (χ1v) is 10.9. The van der Waals surface area contributed by atoms with Gasteiger partial charge in [0.15, 0.2) is 0 Å². The maximum absolute atomic E-state index is 4.13. The first-order valence-electron chi connectivity index (χ1n) is 9.45. The summed E-state index contributed by atoms with van der Waals surface area (Å²) < 4.78 is 4.13.